The number of aryl methyl sites for hydroxylation is 1. The summed E-state index contributed by atoms with van der Waals surface area (Å²) in [5.74, 6) is -9.20. The first-order chi connectivity index (χ1) is 22.4. The Kier molecular flexibility index (Phi) is 10.1. The van der Waals surface area contributed by atoms with Crippen molar-refractivity contribution in [3.8, 4) is 39.1 Å². The molecule has 0 fully saturated rings. The standard InChI is InChI=1S/C38H28F8O/c1-2-3-4-5-23-6-8-24(9-7-23)27-14-15-30(32(39)18-27)26-12-10-25(11-13-26)28-19-33(40)31(34(41)20-28)16-17-38(45,46)47-29-21-35(42)37(44)36(43)22-29/h6-22H,2-5H2,1H3/b17-16+. The largest absolute Gasteiger partial charge is 0.429 e. The Labute approximate surface area is 266 Å². The van der Waals surface area contributed by atoms with Crippen LogP contribution in [0.3, 0.4) is 0 Å². The average molecular weight is 653 g/mol. The lowest BCUT2D eigenvalue weighted by atomic mass is 9.96. The molecule has 0 spiro atoms. The van der Waals surface area contributed by atoms with E-state index in [0.717, 1.165) is 42.5 Å². The quantitative estimate of drug-likeness (QED) is 0.0784. The summed E-state index contributed by atoms with van der Waals surface area (Å²) in [5, 5.41) is 0. The Hall–Kier alpha value is -4.92. The second-order valence-corrected chi connectivity index (χ2v) is 11.0. The number of benzene rings is 5. The molecule has 0 aliphatic rings. The van der Waals surface area contributed by atoms with Crippen molar-refractivity contribution >= 4 is 6.08 Å². The molecular weight excluding hydrogens is 624 g/mol. The van der Waals surface area contributed by atoms with Crippen LogP contribution in [-0.4, -0.2) is 6.11 Å². The molecule has 0 heterocycles. The number of alkyl halides is 2. The summed E-state index contributed by atoms with van der Waals surface area (Å²) in [6.07, 6.45) is 0.604. The molecule has 0 bridgehead atoms. The van der Waals surface area contributed by atoms with Crippen LogP contribution in [0.25, 0.3) is 39.5 Å². The third-order valence-corrected chi connectivity index (χ3v) is 7.59. The third-order valence-electron chi connectivity index (χ3n) is 7.59. The number of hydrogen-bond donors (Lipinski definition) is 0. The molecule has 0 aliphatic carbocycles. The molecule has 5 rings (SSSR count). The Bertz CT molecular complexity index is 1850. The smallest absolute Gasteiger partial charge is 0.419 e. The molecule has 0 atom stereocenters. The number of hydrogen-bond acceptors (Lipinski definition) is 1. The molecule has 0 aliphatic heterocycles. The Morgan fingerprint density at radius 3 is 1.70 bits per heavy atom. The lowest BCUT2D eigenvalue weighted by Gasteiger charge is -2.15. The van der Waals surface area contributed by atoms with Crippen molar-refractivity contribution in [1.82, 2.24) is 0 Å². The number of ether oxygens (including phenoxy) is 1. The van der Waals surface area contributed by atoms with E-state index in [0.29, 0.717) is 22.8 Å². The van der Waals surface area contributed by atoms with Crippen LogP contribution in [0.4, 0.5) is 35.1 Å². The summed E-state index contributed by atoms with van der Waals surface area (Å²) in [5.41, 5.74) is 3.38. The van der Waals surface area contributed by atoms with Crippen LogP contribution in [0.15, 0.2) is 97.1 Å². The van der Waals surface area contributed by atoms with Crippen LogP contribution in [-0.2, 0) is 6.42 Å². The molecule has 47 heavy (non-hydrogen) atoms. The molecular formula is C38H28F8O. The van der Waals surface area contributed by atoms with Gasteiger partial charge in [0.2, 0.25) is 0 Å². The van der Waals surface area contributed by atoms with Gasteiger partial charge in [0.25, 0.3) is 0 Å². The van der Waals surface area contributed by atoms with Crippen molar-refractivity contribution in [2.45, 2.75) is 38.7 Å². The predicted molar refractivity (Wildman–Crippen MR) is 167 cm³/mol. The van der Waals surface area contributed by atoms with Gasteiger partial charge >= 0.3 is 6.11 Å². The van der Waals surface area contributed by atoms with E-state index in [4.69, 9.17) is 0 Å². The monoisotopic (exact) mass is 652 g/mol. The zero-order valence-corrected chi connectivity index (χ0v) is 25.1. The molecule has 0 N–H and O–H groups in total. The summed E-state index contributed by atoms with van der Waals surface area (Å²) in [4.78, 5) is 0. The molecule has 9 heteroatoms. The van der Waals surface area contributed by atoms with Crippen LogP contribution in [0.2, 0.25) is 0 Å². The van der Waals surface area contributed by atoms with Crippen LogP contribution in [0.5, 0.6) is 5.75 Å². The van der Waals surface area contributed by atoms with Gasteiger partial charge in [0.05, 0.1) is 0 Å². The normalized spacial score (nSPS) is 11.8. The van der Waals surface area contributed by atoms with E-state index in [1.54, 1.807) is 30.3 Å². The summed E-state index contributed by atoms with van der Waals surface area (Å²) in [6, 6.07) is 21.6. The fourth-order valence-corrected chi connectivity index (χ4v) is 5.09. The molecule has 5 aromatic rings. The minimum Gasteiger partial charge on any atom is -0.429 e. The second kappa shape index (κ2) is 14.2. The van der Waals surface area contributed by atoms with E-state index < -0.39 is 52.3 Å². The van der Waals surface area contributed by atoms with Crippen LogP contribution < -0.4 is 4.74 Å². The van der Waals surface area contributed by atoms with Gasteiger partial charge in [-0.25, -0.2) is 26.3 Å². The summed E-state index contributed by atoms with van der Waals surface area (Å²) < 4.78 is 117. The first kappa shape index (κ1) is 33.4. The fraction of sp³-hybridized carbons (Fsp3) is 0.158. The molecule has 0 saturated carbocycles. The highest BCUT2D eigenvalue weighted by Crippen LogP contribution is 2.32. The van der Waals surface area contributed by atoms with E-state index in [1.165, 1.54) is 18.1 Å². The molecule has 0 aromatic heterocycles. The van der Waals surface area contributed by atoms with Crippen LogP contribution in [0.1, 0.15) is 37.3 Å². The Morgan fingerprint density at radius 2 is 1.11 bits per heavy atom. The van der Waals surface area contributed by atoms with Crippen LogP contribution in [0, 0.1) is 34.9 Å². The Morgan fingerprint density at radius 1 is 0.574 bits per heavy atom. The van der Waals surface area contributed by atoms with E-state index >= 15 is 4.39 Å². The maximum absolute atomic E-state index is 15.2. The molecule has 0 unspecified atom stereocenters. The van der Waals surface area contributed by atoms with Gasteiger partial charge in [-0.2, -0.15) is 8.78 Å². The highest BCUT2D eigenvalue weighted by atomic mass is 19.3. The first-order valence-electron chi connectivity index (χ1n) is 14.8. The topological polar surface area (TPSA) is 9.23 Å². The van der Waals surface area contributed by atoms with Gasteiger partial charge in [-0.15, -0.1) is 0 Å². The van der Waals surface area contributed by atoms with Crippen molar-refractivity contribution in [3.05, 3.63) is 143 Å². The lowest BCUT2D eigenvalue weighted by molar-refractivity contribution is -0.131. The average Bonchev–Trinajstić information content (AvgIpc) is 3.03. The van der Waals surface area contributed by atoms with Crippen molar-refractivity contribution in [3.63, 3.8) is 0 Å². The van der Waals surface area contributed by atoms with Crippen molar-refractivity contribution < 1.29 is 39.9 Å². The fourth-order valence-electron chi connectivity index (χ4n) is 5.09. The van der Waals surface area contributed by atoms with Crippen molar-refractivity contribution in [2.75, 3.05) is 0 Å². The SMILES string of the molecule is CCCCCc1ccc(-c2ccc(-c3ccc(-c4cc(F)c(/C=C/C(F)(F)Oc5cc(F)c(F)c(F)c5)c(F)c4)cc3)c(F)c2)cc1. The van der Waals surface area contributed by atoms with Crippen LogP contribution >= 0.6 is 0 Å². The first-order valence-corrected chi connectivity index (χ1v) is 14.8. The summed E-state index contributed by atoms with van der Waals surface area (Å²) in [7, 11) is 0. The lowest BCUT2D eigenvalue weighted by Crippen LogP contribution is -2.21. The van der Waals surface area contributed by atoms with E-state index in [1.807, 2.05) is 18.2 Å². The minimum absolute atomic E-state index is 0.00831. The van der Waals surface area contributed by atoms with E-state index in [-0.39, 0.29) is 23.8 Å². The number of unbranched alkanes of at least 4 members (excludes halogenated alkanes) is 2. The van der Waals surface area contributed by atoms with Crippen molar-refractivity contribution in [1.29, 1.82) is 0 Å². The Balaban J connectivity index is 1.29. The molecule has 0 amide bonds. The highest BCUT2D eigenvalue weighted by Gasteiger charge is 2.29. The van der Waals surface area contributed by atoms with Gasteiger partial charge in [0.1, 0.15) is 23.2 Å². The minimum atomic E-state index is -4.25. The summed E-state index contributed by atoms with van der Waals surface area (Å²) >= 11 is 0. The van der Waals surface area contributed by atoms with Gasteiger partial charge in [0.15, 0.2) is 17.5 Å². The van der Waals surface area contributed by atoms with Gasteiger partial charge < -0.3 is 4.74 Å². The maximum atomic E-state index is 15.2. The zero-order chi connectivity index (χ0) is 33.7. The van der Waals surface area contributed by atoms with Gasteiger partial charge in [-0.3, -0.25) is 0 Å². The van der Waals surface area contributed by atoms with E-state index in [9.17, 15) is 30.7 Å². The molecule has 242 valence electrons. The molecule has 0 radical (unpaired) electrons. The van der Waals surface area contributed by atoms with Gasteiger partial charge in [0, 0.05) is 29.3 Å². The van der Waals surface area contributed by atoms with Gasteiger partial charge in [-0.05, 0) is 70.5 Å². The summed E-state index contributed by atoms with van der Waals surface area (Å²) in [6.45, 7) is 2.16. The van der Waals surface area contributed by atoms with Gasteiger partial charge in [-0.1, -0.05) is 80.4 Å². The number of halogens is 8. The number of rotatable bonds is 11. The van der Waals surface area contributed by atoms with Crippen molar-refractivity contribution in [2.24, 2.45) is 0 Å². The van der Waals surface area contributed by atoms with E-state index in [2.05, 4.69) is 23.8 Å². The molecule has 1 nitrogen and oxygen atoms in total. The maximum Gasteiger partial charge on any atom is 0.419 e. The molecule has 0 saturated heterocycles. The third kappa shape index (κ3) is 8.09. The second-order valence-electron chi connectivity index (χ2n) is 11.0. The predicted octanol–water partition coefficient (Wildman–Crippen LogP) is 11.9. The highest BCUT2D eigenvalue weighted by molar-refractivity contribution is 5.74. The molecule has 5 aromatic carbocycles. The zero-order valence-electron chi connectivity index (χ0n) is 25.1.